The quantitative estimate of drug-likeness (QED) is 0.456. The van der Waals surface area contributed by atoms with Crippen LogP contribution in [0.3, 0.4) is 0 Å². The third kappa shape index (κ3) is 5.90. The minimum Gasteiger partial charge on any atom is -0.406 e. The van der Waals surface area contributed by atoms with Gasteiger partial charge in [-0.3, -0.25) is 9.69 Å². The van der Waals surface area contributed by atoms with Gasteiger partial charge in [0.25, 0.3) is 0 Å². The summed E-state index contributed by atoms with van der Waals surface area (Å²) in [4.78, 5) is 17.4. The Labute approximate surface area is 209 Å². The van der Waals surface area contributed by atoms with Gasteiger partial charge in [-0.2, -0.15) is 5.10 Å². The predicted molar refractivity (Wildman–Crippen MR) is 127 cm³/mol. The number of Topliss-reactive ketones (excluding diaryl/α,β-unsaturated/α-hetero) is 1. The first-order valence-corrected chi connectivity index (χ1v) is 12.4. The van der Waals surface area contributed by atoms with Crippen molar-refractivity contribution in [3.8, 4) is 5.75 Å². The molecule has 2 fully saturated rings. The molecule has 5 rings (SSSR count). The first-order chi connectivity index (χ1) is 17.3. The number of halogens is 3. The maximum atomic E-state index is 13.3. The van der Waals surface area contributed by atoms with Gasteiger partial charge in [-0.25, -0.2) is 0 Å². The summed E-state index contributed by atoms with van der Waals surface area (Å²) in [7, 11) is 0. The molecule has 2 atom stereocenters. The van der Waals surface area contributed by atoms with E-state index >= 15 is 0 Å². The number of carbonyl (C=O) groups is 1. The first-order valence-electron chi connectivity index (χ1n) is 11.6. The summed E-state index contributed by atoms with van der Waals surface area (Å²) < 4.78 is 42.1. The van der Waals surface area contributed by atoms with Crippen molar-refractivity contribution in [2.45, 2.75) is 37.7 Å². The van der Waals surface area contributed by atoms with Gasteiger partial charge in [0.15, 0.2) is 11.6 Å². The lowest BCUT2D eigenvalue weighted by atomic mass is 9.96. The molecule has 0 bridgehead atoms. The van der Waals surface area contributed by atoms with E-state index in [0.717, 1.165) is 31.7 Å². The zero-order valence-corrected chi connectivity index (χ0v) is 20.0. The molecule has 36 heavy (non-hydrogen) atoms. The minimum atomic E-state index is -4.80. The summed E-state index contributed by atoms with van der Waals surface area (Å²) in [6.07, 6.45) is -1.28. The Bertz CT molecular complexity index is 1190. The van der Waals surface area contributed by atoms with Crippen LogP contribution in [0.15, 0.2) is 42.6 Å². The maximum Gasteiger partial charge on any atom is 0.573 e. The second-order valence-corrected chi connectivity index (χ2v) is 9.78. The van der Waals surface area contributed by atoms with E-state index in [2.05, 4.69) is 35.3 Å². The first kappa shape index (κ1) is 24.4. The molecule has 3 aromatic rings. The van der Waals surface area contributed by atoms with Gasteiger partial charge < -0.3 is 15.0 Å². The van der Waals surface area contributed by atoms with Crippen LogP contribution in [0.4, 0.5) is 24.1 Å². The molecule has 1 aromatic carbocycles. The number of nitrogens with zero attached hydrogens (tertiary/aromatic N) is 6. The van der Waals surface area contributed by atoms with Crippen molar-refractivity contribution in [1.82, 2.24) is 25.3 Å². The predicted octanol–water partition coefficient (Wildman–Crippen LogP) is 3.48. The number of ether oxygens (including phenoxy) is 1. The van der Waals surface area contributed by atoms with E-state index in [4.69, 9.17) is 0 Å². The third-order valence-electron chi connectivity index (χ3n) is 6.16. The largest absolute Gasteiger partial charge is 0.573 e. The van der Waals surface area contributed by atoms with Crippen molar-refractivity contribution in [2.24, 2.45) is 0 Å². The Morgan fingerprint density at radius 2 is 2.03 bits per heavy atom. The lowest BCUT2D eigenvalue weighted by Gasteiger charge is -2.37. The van der Waals surface area contributed by atoms with Gasteiger partial charge in [0.1, 0.15) is 10.8 Å². The van der Waals surface area contributed by atoms with Crippen molar-refractivity contribution >= 4 is 28.1 Å². The van der Waals surface area contributed by atoms with Crippen LogP contribution in [0.2, 0.25) is 0 Å². The molecule has 2 aliphatic rings. The van der Waals surface area contributed by atoms with Gasteiger partial charge in [-0.05, 0) is 42.7 Å². The molecule has 1 N–H and O–H groups in total. The fourth-order valence-electron chi connectivity index (χ4n) is 4.43. The Balaban J connectivity index is 1.23. The van der Waals surface area contributed by atoms with Crippen molar-refractivity contribution < 1.29 is 22.7 Å². The van der Waals surface area contributed by atoms with E-state index in [1.807, 2.05) is 17.0 Å². The molecule has 0 amide bonds. The van der Waals surface area contributed by atoms with Crippen LogP contribution in [0.25, 0.3) is 0 Å². The standard InChI is InChI=1S/C23H24F3N7O2S/c24-23(25,26)35-17-5-1-4-15(12-17)21(32-9-3-10-32)18(34)13-20-30-31-22(36-20)28-16-7-11-33(14-16)19-6-2-8-27-29-19/h1-2,4-6,8,12,16,21H,3,7,9-11,13-14H2,(H,28,31)/t16-,21+/m1/s1. The van der Waals surface area contributed by atoms with Crippen LogP contribution in [-0.2, 0) is 11.2 Å². The summed E-state index contributed by atoms with van der Waals surface area (Å²) in [5.74, 6) is 0.344. The molecule has 2 aromatic heterocycles. The van der Waals surface area contributed by atoms with Crippen LogP contribution >= 0.6 is 11.3 Å². The molecule has 0 radical (unpaired) electrons. The molecule has 4 heterocycles. The molecule has 0 aliphatic carbocycles. The number of rotatable bonds is 9. The highest BCUT2D eigenvalue weighted by atomic mass is 32.1. The fraction of sp³-hybridized carbons (Fsp3) is 0.435. The zero-order valence-electron chi connectivity index (χ0n) is 19.2. The van der Waals surface area contributed by atoms with Crippen molar-refractivity contribution in [3.05, 3.63) is 53.2 Å². The summed E-state index contributed by atoms with van der Waals surface area (Å²) in [5.41, 5.74) is 0.472. The van der Waals surface area contributed by atoms with Crippen LogP contribution in [0.5, 0.6) is 5.75 Å². The second kappa shape index (κ2) is 10.3. The molecular formula is C23H24F3N7O2S. The lowest BCUT2D eigenvalue weighted by molar-refractivity contribution is -0.274. The average Bonchev–Trinajstić information content (AvgIpc) is 3.45. The van der Waals surface area contributed by atoms with E-state index in [-0.39, 0.29) is 24.0 Å². The Morgan fingerprint density at radius 3 is 2.75 bits per heavy atom. The van der Waals surface area contributed by atoms with Gasteiger partial charge in [-0.15, -0.1) is 28.5 Å². The summed E-state index contributed by atoms with van der Waals surface area (Å²) in [5, 5.41) is 21.0. The normalized spacial score (nSPS) is 19.1. The number of nitrogens with one attached hydrogen (secondary N) is 1. The number of carbonyl (C=O) groups excluding carboxylic acids is 1. The van der Waals surface area contributed by atoms with Crippen LogP contribution in [0.1, 0.15) is 29.5 Å². The van der Waals surface area contributed by atoms with Crippen molar-refractivity contribution in [2.75, 3.05) is 36.4 Å². The Hall–Kier alpha value is -3.32. The fourth-order valence-corrected chi connectivity index (χ4v) is 5.26. The van der Waals surface area contributed by atoms with E-state index in [9.17, 15) is 18.0 Å². The molecule has 0 saturated carbocycles. The van der Waals surface area contributed by atoms with Crippen LogP contribution in [-0.4, -0.2) is 69.7 Å². The molecule has 190 valence electrons. The highest BCUT2D eigenvalue weighted by Crippen LogP contribution is 2.32. The van der Waals surface area contributed by atoms with E-state index < -0.39 is 12.4 Å². The molecule has 0 unspecified atom stereocenters. The van der Waals surface area contributed by atoms with Gasteiger partial charge >= 0.3 is 6.36 Å². The minimum absolute atomic E-state index is 0.0429. The van der Waals surface area contributed by atoms with Gasteiger partial charge in [0.05, 0.1) is 12.5 Å². The monoisotopic (exact) mass is 519 g/mol. The number of hydrogen-bond donors (Lipinski definition) is 1. The zero-order chi connectivity index (χ0) is 25.1. The van der Waals surface area contributed by atoms with E-state index in [0.29, 0.717) is 28.8 Å². The number of anilines is 2. The van der Waals surface area contributed by atoms with Crippen LogP contribution in [0, 0.1) is 0 Å². The topological polar surface area (TPSA) is 96.4 Å². The number of hydrogen-bond acceptors (Lipinski definition) is 10. The molecule has 0 spiro atoms. The summed E-state index contributed by atoms with van der Waals surface area (Å²) >= 11 is 1.31. The van der Waals surface area contributed by atoms with Crippen molar-refractivity contribution in [1.29, 1.82) is 0 Å². The average molecular weight is 520 g/mol. The number of aromatic nitrogens is 4. The summed E-state index contributed by atoms with van der Waals surface area (Å²) in [6.45, 7) is 3.00. The number of likely N-dealkylation sites (tertiary alicyclic amines) is 1. The van der Waals surface area contributed by atoms with E-state index in [1.54, 1.807) is 12.3 Å². The number of ketones is 1. The lowest BCUT2D eigenvalue weighted by Crippen LogP contribution is -2.44. The SMILES string of the molecule is O=C(Cc1nnc(N[C@@H]2CCN(c3cccnn3)C2)s1)[C@H](c1cccc(OC(F)(F)F)c1)N1CCC1. The smallest absolute Gasteiger partial charge is 0.406 e. The number of alkyl halides is 3. The molecule has 2 saturated heterocycles. The highest BCUT2D eigenvalue weighted by Gasteiger charge is 2.34. The van der Waals surface area contributed by atoms with Gasteiger partial charge in [0, 0.05) is 38.4 Å². The maximum absolute atomic E-state index is 13.3. The number of benzene rings is 1. The summed E-state index contributed by atoms with van der Waals surface area (Å²) in [6, 6.07) is 8.90. The molecule has 13 heteroatoms. The Kier molecular flexibility index (Phi) is 7.01. The highest BCUT2D eigenvalue weighted by molar-refractivity contribution is 7.15. The van der Waals surface area contributed by atoms with Crippen molar-refractivity contribution in [3.63, 3.8) is 0 Å². The van der Waals surface area contributed by atoms with Crippen LogP contribution < -0.4 is 15.0 Å². The third-order valence-corrected chi connectivity index (χ3v) is 7.01. The second-order valence-electron chi connectivity index (χ2n) is 8.71. The molecule has 9 nitrogen and oxygen atoms in total. The molecule has 2 aliphatic heterocycles. The van der Waals surface area contributed by atoms with Gasteiger partial charge in [0.2, 0.25) is 5.13 Å². The Morgan fingerprint density at radius 1 is 1.17 bits per heavy atom. The van der Waals surface area contributed by atoms with E-state index in [1.165, 1.54) is 29.5 Å². The molecular weight excluding hydrogens is 495 g/mol. The van der Waals surface area contributed by atoms with Gasteiger partial charge in [-0.1, -0.05) is 23.5 Å².